The Hall–Kier alpha value is -1.56. The van der Waals surface area contributed by atoms with Gasteiger partial charge in [-0.25, -0.2) is 0 Å². The highest BCUT2D eigenvalue weighted by Gasteiger charge is 2.14. The lowest BCUT2D eigenvalue weighted by Crippen LogP contribution is -1.96. The average Bonchev–Trinajstić information content (AvgIpc) is 2.91. The molecule has 0 saturated carbocycles. The molecule has 18 heavy (non-hydrogen) atoms. The van der Waals surface area contributed by atoms with E-state index in [2.05, 4.69) is 56.3 Å². The van der Waals surface area contributed by atoms with Crippen LogP contribution in [0.5, 0.6) is 0 Å². The third-order valence-electron chi connectivity index (χ3n) is 4.15. The summed E-state index contributed by atoms with van der Waals surface area (Å²) in [6.07, 6.45) is 6.33. The number of aryl methyl sites for hydroxylation is 1. The highest BCUT2D eigenvalue weighted by atomic mass is 14.2. The monoisotopic (exact) mass is 236 g/mol. The van der Waals surface area contributed by atoms with E-state index in [1.165, 1.54) is 41.2 Å². The Labute approximate surface area is 109 Å². The maximum Gasteiger partial charge on any atom is 0.00200 e. The van der Waals surface area contributed by atoms with Gasteiger partial charge in [0.2, 0.25) is 0 Å². The molecule has 1 aliphatic carbocycles. The second-order valence-corrected chi connectivity index (χ2v) is 5.50. The van der Waals surface area contributed by atoms with Gasteiger partial charge in [-0.05, 0) is 42.5 Å². The van der Waals surface area contributed by atoms with Crippen molar-refractivity contribution in [2.24, 2.45) is 0 Å². The van der Waals surface area contributed by atoms with Gasteiger partial charge in [-0.15, -0.1) is 0 Å². The topological polar surface area (TPSA) is 0 Å². The van der Waals surface area contributed by atoms with E-state index in [4.69, 9.17) is 0 Å². The predicted octanol–water partition coefficient (Wildman–Crippen LogP) is 5.36. The van der Waals surface area contributed by atoms with Gasteiger partial charge in [-0.1, -0.05) is 60.5 Å². The van der Waals surface area contributed by atoms with Crippen molar-refractivity contribution in [3.05, 3.63) is 59.2 Å². The normalized spacial score (nSPS) is 16.9. The van der Waals surface area contributed by atoms with Gasteiger partial charge in [-0.3, -0.25) is 0 Å². The zero-order valence-corrected chi connectivity index (χ0v) is 11.2. The van der Waals surface area contributed by atoms with E-state index in [0.29, 0.717) is 5.92 Å². The Bertz CT molecular complexity index is 604. The second-order valence-electron chi connectivity index (χ2n) is 5.50. The fourth-order valence-electron chi connectivity index (χ4n) is 2.96. The van der Waals surface area contributed by atoms with Crippen molar-refractivity contribution in [1.82, 2.24) is 0 Å². The lowest BCUT2D eigenvalue weighted by molar-refractivity contribution is 0.813. The fraction of sp³-hybridized carbons (Fsp3) is 0.333. The van der Waals surface area contributed by atoms with Crippen LogP contribution in [0.3, 0.4) is 0 Å². The first kappa shape index (κ1) is 11.5. The minimum Gasteiger partial charge on any atom is -0.0847 e. The summed E-state index contributed by atoms with van der Waals surface area (Å²) in [5, 5.41) is 2.72. The van der Waals surface area contributed by atoms with Crippen LogP contribution in [-0.4, -0.2) is 0 Å². The first-order valence-corrected chi connectivity index (χ1v) is 6.93. The van der Waals surface area contributed by atoms with Gasteiger partial charge in [0, 0.05) is 5.92 Å². The lowest BCUT2D eigenvalue weighted by atomic mass is 9.91. The number of fused-ring (bicyclic) bond motifs is 1. The molecule has 1 atom stereocenters. The number of rotatable bonds is 2. The Morgan fingerprint density at radius 2 is 1.78 bits per heavy atom. The van der Waals surface area contributed by atoms with E-state index in [0.717, 1.165) is 0 Å². The van der Waals surface area contributed by atoms with E-state index in [-0.39, 0.29) is 0 Å². The van der Waals surface area contributed by atoms with Crippen LogP contribution in [0.25, 0.3) is 10.8 Å². The molecule has 0 bridgehead atoms. The van der Waals surface area contributed by atoms with E-state index in [9.17, 15) is 0 Å². The van der Waals surface area contributed by atoms with Gasteiger partial charge in [0.15, 0.2) is 0 Å². The van der Waals surface area contributed by atoms with Gasteiger partial charge < -0.3 is 0 Å². The third-order valence-corrected chi connectivity index (χ3v) is 4.15. The summed E-state index contributed by atoms with van der Waals surface area (Å²) >= 11 is 0. The standard InChI is InChI=1S/C18H20/c1-13-7-8-18-12-16(9-10-17(18)11-13)14(2)15-5-3-4-6-15/h5,7-12,14H,3-4,6H2,1-2H3. The van der Waals surface area contributed by atoms with Crippen LogP contribution in [0, 0.1) is 6.92 Å². The van der Waals surface area contributed by atoms with Crippen LogP contribution < -0.4 is 0 Å². The minimum atomic E-state index is 0.582. The minimum absolute atomic E-state index is 0.582. The molecule has 3 rings (SSSR count). The van der Waals surface area contributed by atoms with Gasteiger partial charge in [0.25, 0.3) is 0 Å². The summed E-state index contributed by atoms with van der Waals surface area (Å²) in [5.41, 5.74) is 4.42. The molecule has 2 aromatic carbocycles. The van der Waals surface area contributed by atoms with Crippen LogP contribution in [0.2, 0.25) is 0 Å². The van der Waals surface area contributed by atoms with Crippen LogP contribution in [0.15, 0.2) is 48.0 Å². The molecule has 0 aromatic heterocycles. The van der Waals surface area contributed by atoms with Crippen LogP contribution in [0.1, 0.15) is 43.2 Å². The maximum atomic E-state index is 2.43. The van der Waals surface area contributed by atoms with E-state index in [1.54, 1.807) is 5.57 Å². The molecule has 92 valence electrons. The number of hydrogen-bond acceptors (Lipinski definition) is 0. The molecule has 2 aromatic rings. The number of benzene rings is 2. The highest BCUT2D eigenvalue weighted by Crippen LogP contribution is 2.33. The van der Waals surface area contributed by atoms with Crippen molar-refractivity contribution in [3.63, 3.8) is 0 Å². The number of hydrogen-bond donors (Lipinski definition) is 0. The SMILES string of the molecule is Cc1ccc2cc(C(C)C3=CCCC3)ccc2c1. The van der Waals surface area contributed by atoms with Gasteiger partial charge in [-0.2, -0.15) is 0 Å². The largest absolute Gasteiger partial charge is 0.0847 e. The zero-order valence-electron chi connectivity index (χ0n) is 11.2. The summed E-state index contributed by atoms with van der Waals surface area (Å²) in [6.45, 7) is 4.49. The molecule has 0 radical (unpaired) electrons. The molecular formula is C18H20. The highest BCUT2D eigenvalue weighted by molar-refractivity contribution is 5.84. The summed E-state index contributed by atoms with van der Waals surface area (Å²) in [7, 11) is 0. The Morgan fingerprint density at radius 3 is 2.56 bits per heavy atom. The summed E-state index contributed by atoms with van der Waals surface area (Å²) in [5.74, 6) is 0.582. The average molecular weight is 236 g/mol. The van der Waals surface area contributed by atoms with Gasteiger partial charge in [0.1, 0.15) is 0 Å². The van der Waals surface area contributed by atoms with Crippen LogP contribution in [-0.2, 0) is 0 Å². The fourth-order valence-corrected chi connectivity index (χ4v) is 2.96. The molecule has 0 N–H and O–H groups in total. The first-order chi connectivity index (χ1) is 8.74. The Morgan fingerprint density at radius 1 is 1.00 bits per heavy atom. The van der Waals surface area contributed by atoms with E-state index >= 15 is 0 Å². The van der Waals surface area contributed by atoms with Crippen molar-refractivity contribution < 1.29 is 0 Å². The van der Waals surface area contributed by atoms with Gasteiger partial charge >= 0.3 is 0 Å². The van der Waals surface area contributed by atoms with Crippen LogP contribution >= 0.6 is 0 Å². The van der Waals surface area contributed by atoms with E-state index in [1.807, 2.05) is 0 Å². The summed E-state index contributed by atoms with van der Waals surface area (Å²) in [4.78, 5) is 0. The summed E-state index contributed by atoms with van der Waals surface area (Å²) in [6, 6.07) is 13.6. The molecular weight excluding hydrogens is 216 g/mol. The van der Waals surface area contributed by atoms with Crippen molar-refractivity contribution in [2.75, 3.05) is 0 Å². The molecule has 0 aliphatic heterocycles. The molecule has 0 saturated heterocycles. The van der Waals surface area contributed by atoms with Crippen molar-refractivity contribution in [3.8, 4) is 0 Å². The molecule has 0 amide bonds. The van der Waals surface area contributed by atoms with Crippen molar-refractivity contribution in [2.45, 2.75) is 39.0 Å². The number of allylic oxidation sites excluding steroid dienone is 2. The molecule has 0 heterocycles. The Kier molecular flexibility index (Phi) is 2.95. The molecule has 0 heteroatoms. The lowest BCUT2D eigenvalue weighted by Gasteiger charge is -2.14. The molecule has 0 fully saturated rings. The second kappa shape index (κ2) is 4.61. The molecule has 1 unspecified atom stereocenters. The van der Waals surface area contributed by atoms with Gasteiger partial charge in [0.05, 0.1) is 0 Å². The van der Waals surface area contributed by atoms with E-state index < -0.39 is 0 Å². The predicted molar refractivity (Wildman–Crippen MR) is 79.0 cm³/mol. The summed E-state index contributed by atoms with van der Waals surface area (Å²) < 4.78 is 0. The van der Waals surface area contributed by atoms with Crippen molar-refractivity contribution >= 4 is 10.8 Å². The van der Waals surface area contributed by atoms with Crippen molar-refractivity contribution in [1.29, 1.82) is 0 Å². The first-order valence-electron chi connectivity index (χ1n) is 6.93. The molecule has 1 aliphatic rings. The zero-order chi connectivity index (χ0) is 12.5. The third kappa shape index (κ3) is 2.08. The molecule has 0 nitrogen and oxygen atoms in total. The molecule has 0 spiro atoms. The quantitative estimate of drug-likeness (QED) is 0.615. The smallest absolute Gasteiger partial charge is 0.00200 e. The van der Waals surface area contributed by atoms with Crippen LogP contribution in [0.4, 0.5) is 0 Å². The Balaban J connectivity index is 2.00. The maximum absolute atomic E-state index is 2.43.